The molecule has 0 atom stereocenters. The second kappa shape index (κ2) is 7.06. The van der Waals surface area contributed by atoms with Gasteiger partial charge in [-0.3, -0.25) is 9.59 Å². The molecule has 0 saturated heterocycles. The van der Waals surface area contributed by atoms with Crippen LogP contribution in [-0.2, 0) is 9.53 Å². The van der Waals surface area contributed by atoms with Crippen LogP contribution < -0.4 is 5.32 Å². The van der Waals surface area contributed by atoms with Gasteiger partial charge in [0, 0.05) is 11.0 Å². The van der Waals surface area contributed by atoms with Crippen LogP contribution in [0.25, 0.3) is 0 Å². The molecule has 0 radical (unpaired) electrons. The molecule has 0 bridgehead atoms. The van der Waals surface area contributed by atoms with Crippen LogP contribution in [0.1, 0.15) is 23.7 Å². The van der Waals surface area contributed by atoms with E-state index in [4.69, 9.17) is 4.74 Å². The van der Waals surface area contributed by atoms with Gasteiger partial charge in [0.25, 0.3) is 5.91 Å². The summed E-state index contributed by atoms with van der Waals surface area (Å²) in [6.07, 6.45) is 0.185. The normalized spacial score (nSPS) is 9.76. The van der Waals surface area contributed by atoms with Crippen molar-refractivity contribution in [2.24, 2.45) is 0 Å². The quantitative estimate of drug-likeness (QED) is 0.848. The number of hydrogen-bond donors (Lipinski definition) is 1. The molecular formula is C12H14BrNO3. The van der Waals surface area contributed by atoms with Gasteiger partial charge < -0.3 is 10.1 Å². The second-order valence-electron chi connectivity index (χ2n) is 3.29. The van der Waals surface area contributed by atoms with Gasteiger partial charge in [0.05, 0.1) is 18.6 Å². The highest BCUT2D eigenvalue weighted by molar-refractivity contribution is 9.10. The van der Waals surface area contributed by atoms with Crippen molar-refractivity contribution in [3.05, 3.63) is 34.3 Å². The Kier molecular flexibility index (Phi) is 5.69. The maximum atomic E-state index is 11.7. The summed E-state index contributed by atoms with van der Waals surface area (Å²) >= 11 is 3.29. The molecule has 0 heterocycles. The minimum atomic E-state index is -0.306. The van der Waals surface area contributed by atoms with E-state index in [0.717, 1.165) is 4.47 Å². The first-order valence-electron chi connectivity index (χ1n) is 5.33. The Bertz CT molecular complexity index is 406. The van der Waals surface area contributed by atoms with Gasteiger partial charge in [0.15, 0.2) is 0 Å². The average Bonchev–Trinajstić information content (AvgIpc) is 2.29. The first-order valence-corrected chi connectivity index (χ1v) is 6.12. The lowest BCUT2D eigenvalue weighted by molar-refractivity contribution is -0.142. The van der Waals surface area contributed by atoms with Crippen LogP contribution in [0.3, 0.4) is 0 Å². The Hall–Kier alpha value is -1.36. The number of carbonyl (C=O) groups excluding carboxylic acids is 2. The SMILES string of the molecule is CCOC(=O)CCNC(=O)c1ccccc1Br. The highest BCUT2D eigenvalue weighted by Gasteiger charge is 2.09. The molecule has 5 heteroatoms. The lowest BCUT2D eigenvalue weighted by Crippen LogP contribution is -2.26. The minimum Gasteiger partial charge on any atom is -0.466 e. The summed E-state index contributed by atoms with van der Waals surface area (Å²) in [6, 6.07) is 7.12. The van der Waals surface area contributed by atoms with Crippen molar-refractivity contribution in [2.75, 3.05) is 13.2 Å². The molecule has 0 fully saturated rings. The molecule has 0 saturated carbocycles. The van der Waals surface area contributed by atoms with E-state index in [-0.39, 0.29) is 24.8 Å². The van der Waals surface area contributed by atoms with Crippen molar-refractivity contribution < 1.29 is 14.3 Å². The number of rotatable bonds is 5. The molecule has 0 aromatic heterocycles. The largest absolute Gasteiger partial charge is 0.466 e. The Morgan fingerprint density at radius 1 is 1.35 bits per heavy atom. The summed E-state index contributed by atoms with van der Waals surface area (Å²) in [4.78, 5) is 22.8. The van der Waals surface area contributed by atoms with E-state index >= 15 is 0 Å². The van der Waals surface area contributed by atoms with Gasteiger partial charge in [-0.2, -0.15) is 0 Å². The van der Waals surface area contributed by atoms with Gasteiger partial charge >= 0.3 is 5.97 Å². The van der Waals surface area contributed by atoms with Crippen LogP contribution in [0.2, 0.25) is 0 Å². The fraction of sp³-hybridized carbons (Fsp3) is 0.333. The van der Waals surface area contributed by atoms with Gasteiger partial charge in [0.1, 0.15) is 0 Å². The number of hydrogen-bond acceptors (Lipinski definition) is 3. The Balaban J connectivity index is 2.41. The third-order valence-corrected chi connectivity index (χ3v) is 2.73. The molecule has 1 aromatic carbocycles. The molecule has 0 spiro atoms. The zero-order chi connectivity index (χ0) is 12.7. The first kappa shape index (κ1) is 13.7. The number of nitrogens with one attached hydrogen (secondary N) is 1. The van der Waals surface area contributed by atoms with Crippen molar-refractivity contribution in [3.8, 4) is 0 Å². The number of amides is 1. The smallest absolute Gasteiger partial charge is 0.307 e. The molecule has 0 aliphatic rings. The van der Waals surface area contributed by atoms with Gasteiger partial charge in [-0.25, -0.2) is 0 Å². The second-order valence-corrected chi connectivity index (χ2v) is 4.15. The predicted molar refractivity (Wildman–Crippen MR) is 67.7 cm³/mol. The van der Waals surface area contributed by atoms with E-state index < -0.39 is 0 Å². The third kappa shape index (κ3) is 4.56. The van der Waals surface area contributed by atoms with Crippen molar-refractivity contribution in [1.82, 2.24) is 5.32 Å². The molecule has 0 aliphatic heterocycles. The van der Waals surface area contributed by atoms with Crippen LogP contribution >= 0.6 is 15.9 Å². The van der Waals surface area contributed by atoms with Crippen LogP contribution in [0.15, 0.2) is 28.7 Å². The van der Waals surface area contributed by atoms with Gasteiger partial charge in [-0.05, 0) is 35.0 Å². The van der Waals surface area contributed by atoms with E-state index in [0.29, 0.717) is 12.2 Å². The minimum absolute atomic E-state index is 0.185. The Labute approximate surface area is 108 Å². The molecule has 0 unspecified atom stereocenters. The third-order valence-electron chi connectivity index (χ3n) is 2.04. The number of ether oxygens (including phenoxy) is 1. The standard InChI is InChI=1S/C12H14BrNO3/c1-2-17-11(15)7-8-14-12(16)9-5-3-4-6-10(9)13/h3-6H,2,7-8H2,1H3,(H,14,16). The summed E-state index contributed by atoms with van der Waals surface area (Å²) in [5.74, 6) is -0.512. The number of carbonyl (C=O) groups is 2. The summed E-state index contributed by atoms with van der Waals surface area (Å²) in [7, 11) is 0. The van der Waals surface area contributed by atoms with Crippen molar-refractivity contribution >= 4 is 27.8 Å². The van der Waals surface area contributed by atoms with E-state index in [9.17, 15) is 9.59 Å². The highest BCUT2D eigenvalue weighted by Crippen LogP contribution is 2.15. The molecular weight excluding hydrogens is 286 g/mol. The molecule has 1 aromatic rings. The van der Waals surface area contributed by atoms with Crippen LogP contribution in [0.5, 0.6) is 0 Å². The van der Waals surface area contributed by atoms with Gasteiger partial charge in [-0.1, -0.05) is 12.1 Å². The monoisotopic (exact) mass is 299 g/mol. The van der Waals surface area contributed by atoms with Gasteiger partial charge in [-0.15, -0.1) is 0 Å². The van der Waals surface area contributed by atoms with Gasteiger partial charge in [0.2, 0.25) is 0 Å². The summed E-state index contributed by atoms with van der Waals surface area (Å²) in [6.45, 7) is 2.38. The van der Waals surface area contributed by atoms with Crippen molar-refractivity contribution in [1.29, 1.82) is 0 Å². The molecule has 17 heavy (non-hydrogen) atoms. The average molecular weight is 300 g/mol. The van der Waals surface area contributed by atoms with E-state index in [1.165, 1.54) is 0 Å². The zero-order valence-electron chi connectivity index (χ0n) is 9.53. The lowest BCUT2D eigenvalue weighted by Gasteiger charge is -2.06. The maximum absolute atomic E-state index is 11.7. The molecule has 92 valence electrons. The molecule has 0 aliphatic carbocycles. The van der Waals surface area contributed by atoms with Crippen LogP contribution in [-0.4, -0.2) is 25.0 Å². The maximum Gasteiger partial charge on any atom is 0.307 e. The summed E-state index contributed by atoms with van der Waals surface area (Å²) in [5, 5.41) is 2.66. The number of benzene rings is 1. The number of halogens is 1. The molecule has 1 N–H and O–H groups in total. The zero-order valence-corrected chi connectivity index (χ0v) is 11.1. The van der Waals surface area contributed by atoms with E-state index in [1.807, 2.05) is 6.07 Å². The van der Waals surface area contributed by atoms with Crippen molar-refractivity contribution in [2.45, 2.75) is 13.3 Å². The Morgan fingerprint density at radius 3 is 2.71 bits per heavy atom. The highest BCUT2D eigenvalue weighted by atomic mass is 79.9. The summed E-state index contributed by atoms with van der Waals surface area (Å²) in [5.41, 5.74) is 0.552. The molecule has 4 nitrogen and oxygen atoms in total. The lowest BCUT2D eigenvalue weighted by atomic mass is 10.2. The molecule has 1 rings (SSSR count). The van der Waals surface area contributed by atoms with E-state index in [1.54, 1.807) is 25.1 Å². The Morgan fingerprint density at radius 2 is 2.06 bits per heavy atom. The van der Waals surface area contributed by atoms with Crippen LogP contribution in [0, 0.1) is 0 Å². The fourth-order valence-corrected chi connectivity index (χ4v) is 1.72. The molecule has 1 amide bonds. The topological polar surface area (TPSA) is 55.4 Å². The predicted octanol–water partition coefficient (Wildman–Crippen LogP) is 2.13. The van der Waals surface area contributed by atoms with E-state index in [2.05, 4.69) is 21.2 Å². The van der Waals surface area contributed by atoms with Crippen molar-refractivity contribution in [3.63, 3.8) is 0 Å². The summed E-state index contributed by atoms with van der Waals surface area (Å²) < 4.78 is 5.48. The number of esters is 1. The van der Waals surface area contributed by atoms with Crippen LogP contribution in [0.4, 0.5) is 0 Å². The fourth-order valence-electron chi connectivity index (χ4n) is 1.25. The first-order chi connectivity index (χ1) is 8.15.